The lowest BCUT2D eigenvalue weighted by atomic mass is 9.95. The van der Waals surface area contributed by atoms with E-state index in [2.05, 4.69) is 0 Å². The van der Waals surface area contributed by atoms with E-state index in [9.17, 15) is 13.2 Å². The van der Waals surface area contributed by atoms with E-state index in [1.165, 1.54) is 13.2 Å². The minimum absolute atomic E-state index is 0.0157. The second-order valence-corrected chi connectivity index (χ2v) is 7.13. The zero-order valence-electron chi connectivity index (χ0n) is 10.1. The zero-order valence-corrected chi connectivity index (χ0v) is 10.9. The molecule has 0 amide bonds. The predicted molar refractivity (Wildman–Crippen MR) is 67.1 cm³/mol. The molecule has 0 atom stereocenters. The van der Waals surface area contributed by atoms with E-state index >= 15 is 0 Å². The van der Waals surface area contributed by atoms with E-state index in [4.69, 9.17) is 0 Å². The number of ketones is 1. The summed E-state index contributed by atoms with van der Waals surface area (Å²) in [7, 11) is -2.99. The maximum absolute atomic E-state index is 11.4. The second-order valence-electron chi connectivity index (χ2n) is 4.99. The Labute approximate surface area is 102 Å². The molecule has 17 heavy (non-hydrogen) atoms. The Hall–Kier alpha value is -1.16. The van der Waals surface area contributed by atoms with Crippen LogP contribution in [-0.2, 0) is 15.3 Å². The van der Waals surface area contributed by atoms with Crippen molar-refractivity contribution in [1.82, 2.24) is 0 Å². The van der Waals surface area contributed by atoms with Crippen molar-refractivity contribution in [3.63, 3.8) is 0 Å². The fraction of sp³-hybridized carbons (Fsp3) is 0.462. The fourth-order valence-corrected chi connectivity index (χ4v) is 3.70. The molecule has 0 aliphatic heterocycles. The summed E-state index contributed by atoms with van der Waals surface area (Å²) in [5.41, 5.74) is 1.40. The summed E-state index contributed by atoms with van der Waals surface area (Å²) in [5.74, 6) is 0.198. The Morgan fingerprint density at radius 3 is 2.47 bits per heavy atom. The lowest BCUT2D eigenvalue weighted by molar-refractivity contribution is 0.101. The van der Waals surface area contributed by atoms with Gasteiger partial charge in [0, 0.05) is 17.2 Å². The van der Waals surface area contributed by atoms with Gasteiger partial charge in [-0.3, -0.25) is 4.79 Å². The third-order valence-electron chi connectivity index (χ3n) is 3.27. The van der Waals surface area contributed by atoms with Crippen LogP contribution in [0.15, 0.2) is 24.3 Å². The van der Waals surface area contributed by atoms with Gasteiger partial charge in [-0.05, 0) is 31.4 Å². The van der Waals surface area contributed by atoms with Crippen molar-refractivity contribution in [2.75, 3.05) is 12.0 Å². The molecule has 0 heterocycles. The van der Waals surface area contributed by atoms with Crippen LogP contribution < -0.4 is 0 Å². The van der Waals surface area contributed by atoms with E-state index in [0.29, 0.717) is 5.56 Å². The van der Waals surface area contributed by atoms with Crippen molar-refractivity contribution in [1.29, 1.82) is 0 Å². The minimum Gasteiger partial charge on any atom is -0.295 e. The van der Waals surface area contributed by atoms with Crippen molar-refractivity contribution in [3.05, 3.63) is 35.4 Å². The first-order valence-electron chi connectivity index (χ1n) is 5.62. The van der Waals surface area contributed by atoms with E-state index in [-0.39, 0.29) is 17.0 Å². The number of benzene rings is 1. The van der Waals surface area contributed by atoms with Gasteiger partial charge in [0.2, 0.25) is 0 Å². The maximum Gasteiger partial charge on any atom is 0.159 e. The van der Waals surface area contributed by atoms with Crippen LogP contribution in [0, 0.1) is 0 Å². The molecule has 0 N–H and O–H groups in total. The van der Waals surface area contributed by atoms with Gasteiger partial charge in [0.25, 0.3) is 0 Å². The number of rotatable bonds is 4. The number of sulfone groups is 1. The molecule has 3 nitrogen and oxygen atoms in total. The largest absolute Gasteiger partial charge is 0.295 e. The lowest BCUT2D eigenvalue weighted by Crippen LogP contribution is -2.20. The van der Waals surface area contributed by atoms with Gasteiger partial charge in [-0.15, -0.1) is 0 Å². The number of carbonyl (C=O) groups is 1. The Kier molecular flexibility index (Phi) is 2.86. The van der Waals surface area contributed by atoms with Crippen LogP contribution in [-0.4, -0.2) is 26.2 Å². The van der Waals surface area contributed by atoms with Gasteiger partial charge < -0.3 is 0 Å². The van der Waals surface area contributed by atoms with Crippen LogP contribution >= 0.6 is 0 Å². The van der Waals surface area contributed by atoms with Crippen LogP contribution in [0.2, 0.25) is 0 Å². The number of hydrogen-bond acceptors (Lipinski definition) is 3. The highest BCUT2D eigenvalue weighted by molar-refractivity contribution is 7.90. The summed E-state index contributed by atoms with van der Waals surface area (Å²) < 4.78 is 22.8. The van der Waals surface area contributed by atoms with Crippen molar-refractivity contribution < 1.29 is 13.2 Å². The van der Waals surface area contributed by atoms with Gasteiger partial charge in [0.05, 0.1) is 5.75 Å². The normalized spacial score (nSPS) is 17.8. The van der Waals surface area contributed by atoms with Gasteiger partial charge in [0.15, 0.2) is 5.78 Å². The van der Waals surface area contributed by atoms with Gasteiger partial charge in [-0.2, -0.15) is 0 Å². The summed E-state index contributed by atoms with van der Waals surface area (Å²) in [4.78, 5) is 11.3. The monoisotopic (exact) mass is 252 g/mol. The quantitative estimate of drug-likeness (QED) is 0.770. The summed E-state index contributed by atoms with van der Waals surface area (Å²) in [6, 6.07) is 7.35. The summed E-state index contributed by atoms with van der Waals surface area (Å²) in [6.07, 6.45) is 3.05. The summed E-state index contributed by atoms with van der Waals surface area (Å²) >= 11 is 0. The molecule has 0 radical (unpaired) electrons. The standard InChI is InChI=1S/C13H16O3S/c1-10(14)11-4-3-5-12(8-11)13(6-7-13)9-17(2,15)16/h3-5,8H,6-7,9H2,1-2H3. The maximum atomic E-state index is 11.4. The Bertz CT molecular complexity index is 554. The van der Waals surface area contributed by atoms with Crippen molar-refractivity contribution in [2.24, 2.45) is 0 Å². The molecule has 0 aromatic heterocycles. The third-order valence-corrected chi connectivity index (χ3v) is 4.35. The molecule has 0 bridgehead atoms. The van der Waals surface area contributed by atoms with Crippen LogP contribution in [0.5, 0.6) is 0 Å². The third kappa shape index (κ3) is 2.75. The Morgan fingerprint density at radius 2 is 2.00 bits per heavy atom. The summed E-state index contributed by atoms with van der Waals surface area (Å²) in [6.45, 7) is 1.52. The number of hydrogen-bond donors (Lipinski definition) is 0. The smallest absolute Gasteiger partial charge is 0.159 e. The van der Waals surface area contributed by atoms with Gasteiger partial charge in [-0.1, -0.05) is 18.2 Å². The van der Waals surface area contributed by atoms with E-state index in [1.54, 1.807) is 6.07 Å². The second kappa shape index (κ2) is 3.95. The highest BCUT2D eigenvalue weighted by Crippen LogP contribution is 2.49. The Morgan fingerprint density at radius 1 is 1.35 bits per heavy atom. The van der Waals surface area contributed by atoms with E-state index in [0.717, 1.165) is 18.4 Å². The van der Waals surface area contributed by atoms with E-state index in [1.807, 2.05) is 18.2 Å². The van der Waals surface area contributed by atoms with Crippen LogP contribution in [0.4, 0.5) is 0 Å². The van der Waals surface area contributed by atoms with Crippen LogP contribution in [0.3, 0.4) is 0 Å². The highest BCUT2D eigenvalue weighted by atomic mass is 32.2. The predicted octanol–water partition coefficient (Wildman–Crippen LogP) is 1.97. The van der Waals surface area contributed by atoms with Gasteiger partial charge in [-0.25, -0.2) is 8.42 Å². The molecule has 1 aromatic rings. The Balaban J connectivity index is 2.34. The molecule has 1 fully saturated rings. The van der Waals surface area contributed by atoms with Crippen molar-refractivity contribution in [3.8, 4) is 0 Å². The molecule has 0 spiro atoms. The van der Waals surface area contributed by atoms with Crippen LogP contribution in [0.25, 0.3) is 0 Å². The average Bonchev–Trinajstić information content (AvgIpc) is 2.96. The topological polar surface area (TPSA) is 51.2 Å². The van der Waals surface area contributed by atoms with Crippen molar-refractivity contribution >= 4 is 15.6 Å². The molecule has 1 aliphatic rings. The molecule has 1 saturated carbocycles. The fourth-order valence-electron chi connectivity index (χ4n) is 2.24. The zero-order chi connectivity index (χ0) is 12.7. The average molecular weight is 252 g/mol. The van der Waals surface area contributed by atoms with Gasteiger partial charge in [0.1, 0.15) is 9.84 Å². The minimum atomic E-state index is -2.99. The molecular formula is C13H16O3S. The van der Waals surface area contributed by atoms with Crippen LogP contribution in [0.1, 0.15) is 35.7 Å². The molecule has 2 rings (SSSR count). The molecule has 1 aromatic carbocycles. The van der Waals surface area contributed by atoms with Crippen molar-refractivity contribution in [2.45, 2.75) is 25.2 Å². The highest BCUT2D eigenvalue weighted by Gasteiger charge is 2.46. The number of Topliss-reactive ketones (excluding diaryl/α,β-unsaturated/α-hetero) is 1. The molecule has 4 heteroatoms. The molecular weight excluding hydrogens is 236 g/mol. The molecule has 0 saturated heterocycles. The SMILES string of the molecule is CC(=O)c1cccc(C2(CS(C)(=O)=O)CC2)c1. The number of carbonyl (C=O) groups excluding carboxylic acids is 1. The molecule has 1 aliphatic carbocycles. The van der Waals surface area contributed by atoms with E-state index < -0.39 is 9.84 Å². The summed E-state index contributed by atoms with van der Waals surface area (Å²) in [5, 5.41) is 0. The first-order valence-corrected chi connectivity index (χ1v) is 7.68. The first-order chi connectivity index (χ1) is 7.82. The lowest BCUT2D eigenvalue weighted by Gasteiger charge is -2.15. The molecule has 92 valence electrons. The first kappa shape index (κ1) is 12.3. The van der Waals surface area contributed by atoms with Gasteiger partial charge >= 0.3 is 0 Å². The molecule has 0 unspecified atom stereocenters.